The highest BCUT2D eigenvalue weighted by Gasteiger charge is 2.34. The molecule has 0 saturated carbocycles. The molecule has 0 spiro atoms. The molecule has 2 heteroatoms. The van der Waals surface area contributed by atoms with E-state index < -0.39 is 7.26 Å². The van der Waals surface area contributed by atoms with Gasteiger partial charge in [-0.1, -0.05) is 59.8 Å². The van der Waals surface area contributed by atoms with E-state index in [4.69, 9.17) is 0 Å². The molecule has 0 aliphatic rings. The zero-order valence-electron chi connectivity index (χ0n) is 14.0. The molecular formula is C17H38ClP. The summed E-state index contributed by atoms with van der Waals surface area (Å²) in [5.74, 6) is 0. The average molecular weight is 309 g/mol. The van der Waals surface area contributed by atoms with E-state index in [2.05, 4.69) is 27.7 Å². The van der Waals surface area contributed by atoms with E-state index in [1.165, 1.54) is 57.8 Å². The maximum atomic E-state index is 2.36. The molecule has 0 aliphatic carbocycles. The monoisotopic (exact) mass is 308 g/mol. The highest BCUT2D eigenvalue weighted by molar-refractivity contribution is 7.75. The Morgan fingerprint density at radius 1 is 0.474 bits per heavy atom. The Kier molecular flexibility index (Phi) is 17.5. The van der Waals surface area contributed by atoms with Gasteiger partial charge in [0.1, 0.15) is 0 Å². The van der Waals surface area contributed by atoms with Gasteiger partial charge < -0.3 is 12.4 Å². The molecule has 0 amide bonds. The summed E-state index contributed by atoms with van der Waals surface area (Å²) in [6.07, 6.45) is 19.5. The third-order valence-corrected chi connectivity index (χ3v) is 9.25. The molecule has 0 aromatic heterocycles. The molecule has 0 aromatic rings. The van der Waals surface area contributed by atoms with Crippen LogP contribution in [0.5, 0.6) is 0 Å². The summed E-state index contributed by atoms with van der Waals surface area (Å²) < 4.78 is 0. The van der Waals surface area contributed by atoms with Gasteiger partial charge in [-0.3, -0.25) is 0 Å². The SMILES string of the molecule is CCCCC[P+](CCCC)(CCCC)CCCC.[Cl-]. The number of hydrogen-bond acceptors (Lipinski definition) is 0. The van der Waals surface area contributed by atoms with Crippen molar-refractivity contribution in [3.63, 3.8) is 0 Å². The molecule has 118 valence electrons. The number of unbranched alkanes of at least 4 members (excludes halogenated alkanes) is 5. The third-order valence-electron chi connectivity index (χ3n) is 4.19. The van der Waals surface area contributed by atoms with Crippen LogP contribution in [0, 0.1) is 0 Å². The molecule has 0 saturated heterocycles. The highest BCUT2D eigenvalue weighted by Crippen LogP contribution is 2.61. The summed E-state index contributed by atoms with van der Waals surface area (Å²) in [6.45, 7) is 9.42. The Balaban J connectivity index is 0. The molecule has 0 aromatic carbocycles. The number of rotatable bonds is 13. The first-order chi connectivity index (χ1) is 8.74. The second kappa shape index (κ2) is 15.1. The van der Waals surface area contributed by atoms with Gasteiger partial charge in [0, 0.05) is 7.26 Å². The lowest BCUT2D eigenvalue weighted by Gasteiger charge is -2.28. The highest BCUT2D eigenvalue weighted by atomic mass is 35.5. The van der Waals surface area contributed by atoms with E-state index in [9.17, 15) is 0 Å². The zero-order chi connectivity index (χ0) is 13.7. The maximum absolute atomic E-state index is 2.36. The number of halogens is 1. The van der Waals surface area contributed by atoms with Crippen LogP contribution in [-0.2, 0) is 0 Å². The van der Waals surface area contributed by atoms with E-state index in [-0.39, 0.29) is 12.4 Å². The normalized spacial score (nSPS) is 11.4. The zero-order valence-corrected chi connectivity index (χ0v) is 15.7. The molecule has 0 fully saturated rings. The first-order valence-corrected chi connectivity index (χ1v) is 11.1. The smallest absolute Gasteiger partial charge is 0.0594 e. The Morgan fingerprint density at radius 3 is 1.11 bits per heavy atom. The largest absolute Gasteiger partial charge is 1.00 e. The molecule has 0 rings (SSSR count). The summed E-state index contributed by atoms with van der Waals surface area (Å²) in [4.78, 5) is 0. The van der Waals surface area contributed by atoms with Gasteiger partial charge in [0.2, 0.25) is 0 Å². The second-order valence-electron chi connectivity index (χ2n) is 6.00. The van der Waals surface area contributed by atoms with E-state index >= 15 is 0 Å². The van der Waals surface area contributed by atoms with Gasteiger partial charge in [0.15, 0.2) is 0 Å². The fourth-order valence-corrected chi connectivity index (χ4v) is 8.05. The molecular weight excluding hydrogens is 271 g/mol. The van der Waals surface area contributed by atoms with Crippen molar-refractivity contribution in [2.24, 2.45) is 0 Å². The topological polar surface area (TPSA) is 0 Å². The van der Waals surface area contributed by atoms with Crippen molar-refractivity contribution in [3.8, 4) is 0 Å². The van der Waals surface area contributed by atoms with Crippen molar-refractivity contribution >= 4 is 7.26 Å². The van der Waals surface area contributed by atoms with Crippen molar-refractivity contribution in [2.45, 2.75) is 85.5 Å². The number of hydrogen-bond donors (Lipinski definition) is 0. The minimum absolute atomic E-state index is 0. The molecule has 0 bridgehead atoms. The van der Waals surface area contributed by atoms with Crippen LogP contribution in [0.2, 0.25) is 0 Å². The van der Waals surface area contributed by atoms with Gasteiger partial charge >= 0.3 is 0 Å². The van der Waals surface area contributed by atoms with Gasteiger partial charge in [-0.2, -0.15) is 0 Å². The average Bonchev–Trinajstić information content (AvgIpc) is 2.40. The predicted octanol–water partition coefficient (Wildman–Crippen LogP) is 3.60. The van der Waals surface area contributed by atoms with Gasteiger partial charge in [-0.15, -0.1) is 0 Å². The van der Waals surface area contributed by atoms with Crippen LogP contribution < -0.4 is 12.4 Å². The standard InChI is InChI=1S/C17H38P.ClH/c1-5-9-13-17-18(14-10-6-2,15-11-7-3)16-12-8-4;/h5-17H2,1-4H3;1H/q+1;/p-1. The van der Waals surface area contributed by atoms with E-state index in [0.29, 0.717) is 0 Å². The van der Waals surface area contributed by atoms with Gasteiger partial charge in [-0.05, 0) is 25.7 Å². The fraction of sp³-hybridized carbons (Fsp3) is 1.00. The van der Waals surface area contributed by atoms with E-state index in [1.807, 2.05) is 0 Å². The van der Waals surface area contributed by atoms with Crippen molar-refractivity contribution in [2.75, 3.05) is 24.6 Å². The molecule has 0 radical (unpaired) electrons. The van der Waals surface area contributed by atoms with Crippen molar-refractivity contribution in [1.29, 1.82) is 0 Å². The molecule has 0 nitrogen and oxygen atoms in total. The van der Waals surface area contributed by atoms with Crippen molar-refractivity contribution < 1.29 is 12.4 Å². The fourth-order valence-electron chi connectivity index (χ4n) is 2.85. The van der Waals surface area contributed by atoms with Gasteiger partial charge in [0.05, 0.1) is 24.6 Å². The van der Waals surface area contributed by atoms with Crippen molar-refractivity contribution in [1.82, 2.24) is 0 Å². The Hall–Kier alpha value is 0.720. The summed E-state index contributed by atoms with van der Waals surface area (Å²) in [5, 5.41) is 0. The van der Waals surface area contributed by atoms with Gasteiger partial charge in [-0.25, -0.2) is 0 Å². The van der Waals surface area contributed by atoms with Crippen LogP contribution >= 0.6 is 7.26 Å². The van der Waals surface area contributed by atoms with Crippen LogP contribution in [-0.4, -0.2) is 24.6 Å². The molecule has 0 unspecified atom stereocenters. The lowest BCUT2D eigenvalue weighted by atomic mass is 10.3. The first-order valence-electron chi connectivity index (χ1n) is 8.59. The van der Waals surface area contributed by atoms with E-state index in [0.717, 1.165) is 0 Å². The minimum atomic E-state index is -0.575. The summed E-state index contributed by atoms with van der Waals surface area (Å²) in [6, 6.07) is 0. The van der Waals surface area contributed by atoms with Crippen molar-refractivity contribution in [3.05, 3.63) is 0 Å². The molecule has 0 aliphatic heterocycles. The molecule has 0 N–H and O–H groups in total. The van der Waals surface area contributed by atoms with Crippen LogP contribution in [0.4, 0.5) is 0 Å². The van der Waals surface area contributed by atoms with Gasteiger partial charge in [0.25, 0.3) is 0 Å². The van der Waals surface area contributed by atoms with Crippen LogP contribution in [0.1, 0.15) is 85.5 Å². The van der Waals surface area contributed by atoms with Crippen LogP contribution in [0.25, 0.3) is 0 Å². The maximum Gasteiger partial charge on any atom is 0.0594 e. The molecule has 0 atom stereocenters. The quantitative estimate of drug-likeness (QED) is 0.360. The lowest BCUT2D eigenvalue weighted by molar-refractivity contribution is -0.00000425. The molecule has 0 heterocycles. The Bertz CT molecular complexity index is 149. The Morgan fingerprint density at radius 2 is 0.789 bits per heavy atom. The Labute approximate surface area is 130 Å². The first kappa shape index (κ1) is 22.0. The van der Waals surface area contributed by atoms with Crippen LogP contribution in [0.15, 0.2) is 0 Å². The van der Waals surface area contributed by atoms with Crippen LogP contribution in [0.3, 0.4) is 0 Å². The second-order valence-corrected chi connectivity index (χ2v) is 10.5. The van der Waals surface area contributed by atoms with E-state index in [1.54, 1.807) is 24.6 Å². The predicted molar refractivity (Wildman–Crippen MR) is 90.6 cm³/mol. The third kappa shape index (κ3) is 11.1. The lowest BCUT2D eigenvalue weighted by Crippen LogP contribution is -3.00. The minimum Gasteiger partial charge on any atom is -1.00 e. The molecule has 19 heavy (non-hydrogen) atoms. The summed E-state index contributed by atoms with van der Waals surface area (Å²) in [7, 11) is -0.575. The summed E-state index contributed by atoms with van der Waals surface area (Å²) in [5.41, 5.74) is 0. The summed E-state index contributed by atoms with van der Waals surface area (Å²) >= 11 is 0.